The number of benzene rings is 2. The molecule has 1 aliphatic heterocycles. The third-order valence-corrected chi connectivity index (χ3v) is 5.43. The maximum absolute atomic E-state index is 11.3. The van der Waals surface area contributed by atoms with Gasteiger partial charge in [-0.3, -0.25) is 10.1 Å². The van der Waals surface area contributed by atoms with Gasteiger partial charge < -0.3 is 29.7 Å². The molecular weight excluding hydrogens is 448 g/mol. The Bertz CT molecular complexity index is 921. The molecule has 2 aromatic rings. The summed E-state index contributed by atoms with van der Waals surface area (Å²) in [6, 6.07) is 8.04. The van der Waals surface area contributed by atoms with Crippen LogP contribution in [0.3, 0.4) is 0 Å². The number of phenolic OH excluding ortho intramolecular Hbond substituents is 1. The van der Waals surface area contributed by atoms with Crippen molar-refractivity contribution < 1.29 is 29.3 Å². The summed E-state index contributed by atoms with van der Waals surface area (Å²) < 4.78 is 17.4. The van der Waals surface area contributed by atoms with E-state index in [0.717, 1.165) is 0 Å². The van der Waals surface area contributed by atoms with Gasteiger partial charge in [0, 0.05) is 36.4 Å². The van der Waals surface area contributed by atoms with Crippen LogP contribution >= 0.6 is 15.9 Å². The number of aliphatic hydroxyl groups excluding tert-OH is 1. The first-order valence-corrected chi connectivity index (χ1v) is 9.46. The van der Waals surface area contributed by atoms with Gasteiger partial charge in [0.1, 0.15) is 17.6 Å². The van der Waals surface area contributed by atoms with Crippen molar-refractivity contribution in [2.75, 3.05) is 19.5 Å². The van der Waals surface area contributed by atoms with Crippen molar-refractivity contribution >= 4 is 27.3 Å². The number of methoxy groups -OCH3 is 2. The molecule has 0 saturated heterocycles. The second kappa shape index (κ2) is 8.15. The van der Waals surface area contributed by atoms with Crippen LogP contribution in [0.4, 0.5) is 11.4 Å². The van der Waals surface area contributed by atoms with Crippen molar-refractivity contribution in [1.29, 1.82) is 0 Å². The van der Waals surface area contributed by atoms with E-state index >= 15 is 0 Å². The number of aromatic hydroxyl groups is 1. The molecule has 0 radical (unpaired) electrons. The number of aliphatic hydroxyl groups is 1. The quantitative estimate of drug-likeness (QED) is 0.255. The van der Waals surface area contributed by atoms with E-state index in [0.29, 0.717) is 21.5 Å². The largest absolute Gasteiger partial charge is 0.506 e. The van der Waals surface area contributed by atoms with E-state index in [-0.39, 0.29) is 11.4 Å². The van der Waals surface area contributed by atoms with Crippen molar-refractivity contribution in [3.8, 4) is 11.5 Å². The number of nitro groups is 1. The maximum Gasteiger partial charge on any atom is 0.270 e. The van der Waals surface area contributed by atoms with Crippen LogP contribution in [0, 0.1) is 10.1 Å². The molecule has 3 N–H and O–H groups in total. The normalized spacial score (nSPS) is 23.4. The van der Waals surface area contributed by atoms with E-state index in [1.807, 2.05) is 0 Å². The molecule has 0 saturated carbocycles. The molecule has 0 spiro atoms. The molecule has 2 aromatic carbocycles. The van der Waals surface area contributed by atoms with Crippen LogP contribution in [-0.4, -0.2) is 47.4 Å². The van der Waals surface area contributed by atoms with Gasteiger partial charge in [0.25, 0.3) is 5.69 Å². The Hall–Kier alpha value is -2.40. The van der Waals surface area contributed by atoms with Crippen molar-refractivity contribution in [2.24, 2.45) is 0 Å². The highest BCUT2D eigenvalue weighted by Crippen LogP contribution is 2.45. The lowest BCUT2D eigenvalue weighted by atomic mass is 9.84. The van der Waals surface area contributed by atoms with Crippen LogP contribution in [0.2, 0.25) is 0 Å². The lowest BCUT2D eigenvalue weighted by Gasteiger charge is -2.46. The first-order valence-electron chi connectivity index (χ1n) is 8.67. The maximum atomic E-state index is 11.3. The number of non-ortho nitro benzene ring substituents is 1. The average molecular weight is 469 g/mol. The average Bonchev–Trinajstić information content (AvgIpc) is 2.68. The standard InChI is InChI=1S/C19H21BrN2O7/c1-19(18(27-2)28-3)17(24)16(21-13-8-10(20)4-6-14(13)23)12-9-11(22(25)26)5-7-15(12)29-19/h4-9,16-18,21,23-24H,1-3H3/t16-,17+,19+/m0/s1. The Morgan fingerprint density at radius 1 is 1.28 bits per heavy atom. The highest BCUT2D eigenvalue weighted by molar-refractivity contribution is 9.10. The molecular formula is C19H21BrN2O7. The molecule has 29 heavy (non-hydrogen) atoms. The summed E-state index contributed by atoms with van der Waals surface area (Å²) in [6.45, 7) is 1.62. The van der Waals surface area contributed by atoms with Gasteiger partial charge in [-0.2, -0.15) is 0 Å². The lowest BCUT2D eigenvalue weighted by Crippen LogP contribution is -2.60. The predicted molar refractivity (Wildman–Crippen MR) is 108 cm³/mol. The Labute approximate surface area is 175 Å². The third-order valence-electron chi connectivity index (χ3n) is 4.94. The van der Waals surface area contributed by atoms with Gasteiger partial charge in [-0.1, -0.05) is 15.9 Å². The van der Waals surface area contributed by atoms with Crippen molar-refractivity contribution in [3.05, 3.63) is 56.5 Å². The zero-order valence-corrected chi connectivity index (χ0v) is 17.5. The first kappa shape index (κ1) is 21.3. The topological polar surface area (TPSA) is 123 Å². The van der Waals surface area contributed by atoms with E-state index in [1.54, 1.807) is 19.1 Å². The summed E-state index contributed by atoms with van der Waals surface area (Å²) in [5.74, 6) is 0.282. The number of nitrogens with one attached hydrogen (secondary N) is 1. The van der Waals surface area contributed by atoms with Gasteiger partial charge >= 0.3 is 0 Å². The van der Waals surface area contributed by atoms with Crippen LogP contribution in [0.5, 0.6) is 11.5 Å². The Kier molecular flexibility index (Phi) is 5.99. The number of nitrogens with zero attached hydrogens (tertiary/aromatic N) is 1. The van der Waals surface area contributed by atoms with Gasteiger partial charge in [-0.15, -0.1) is 0 Å². The second-order valence-electron chi connectivity index (χ2n) is 6.80. The van der Waals surface area contributed by atoms with E-state index in [1.165, 1.54) is 38.5 Å². The summed E-state index contributed by atoms with van der Waals surface area (Å²) in [7, 11) is 2.84. The highest BCUT2D eigenvalue weighted by Gasteiger charge is 2.52. The molecule has 0 amide bonds. The number of anilines is 1. The number of nitro benzene ring substituents is 1. The van der Waals surface area contributed by atoms with Gasteiger partial charge in [-0.05, 0) is 31.2 Å². The zero-order valence-electron chi connectivity index (χ0n) is 16.0. The fourth-order valence-corrected chi connectivity index (χ4v) is 3.84. The number of hydrogen-bond donors (Lipinski definition) is 3. The summed E-state index contributed by atoms with van der Waals surface area (Å²) in [5.41, 5.74) is -0.791. The van der Waals surface area contributed by atoms with Gasteiger partial charge in [0.2, 0.25) is 0 Å². The summed E-state index contributed by atoms with van der Waals surface area (Å²) in [4.78, 5) is 10.7. The van der Waals surface area contributed by atoms with Crippen LogP contribution in [0.1, 0.15) is 18.5 Å². The smallest absolute Gasteiger partial charge is 0.270 e. The Morgan fingerprint density at radius 2 is 1.97 bits per heavy atom. The summed E-state index contributed by atoms with van der Waals surface area (Å²) >= 11 is 3.34. The molecule has 156 valence electrons. The number of hydrogen-bond acceptors (Lipinski definition) is 8. The molecule has 0 aliphatic carbocycles. The Morgan fingerprint density at radius 3 is 2.59 bits per heavy atom. The number of fused-ring (bicyclic) bond motifs is 1. The van der Waals surface area contributed by atoms with Gasteiger partial charge in [0.15, 0.2) is 11.9 Å². The van der Waals surface area contributed by atoms with E-state index in [2.05, 4.69) is 21.2 Å². The second-order valence-corrected chi connectivity index (χ2v) is 7.71. The summed E-state index contributed by atoms with van der Waals surface area (Å²) in [6.07, 6.45) is -2.18. The molecule has 1 aliphatic rings. The van der Waals surface area contributed by atoms with Crippen LogP contribution in [0.25, 0.3) is 0 Å². The lowest BCUT2D eigenvalue weighted by molar-refractivity contribution is -0.385. The number of ether oxygens (including phenoxy) is 3. The van der Waals surface area contributed by atoms with E-state index in [4.69, 9.17) is 14.2 Å². The molecule has 0 aromatic heterocycles. The van der Waals surface area contributed by atoms with Crippen molar-refractivity contribution in [1.82, 2.24) is 0 Å². The van der Waals surface area contributed by atoms with Gasteiger partial charge in [0.05, 0.1) is 16.7 Å². The predicted octanol–water partition coefficient (Wildman–Crippen LogP) is 3.35. The van der Waals surface area contributed by atoms with Crippen LogP contribution in [-0.2, 0) is 9.47 Å². The highest BCUT2D eigenvalue weighted by atomic mass is 79.9. The minimum absolute atomic E-state index is 0.0457. The zero-order chi connectivity index (χ0) is 21.3. The van der Waals surface area contributed by atoms with Crippen LogP contribution in [0.15, 0.2) is 40.9 Å². The molecule has 10 heteroatoms. The fourth-order valence-electron chi connectivity index (χ4n) is 3.48. The number of halogens is 1. The fraction of sp³-hybridized carbons (Fsp3) is 0.368. The summed E-state index contributed by atoms with van der Waals surface area (Å²) in [5, 5.41) is 35.8. The third kappa shape index (κ3) is 3.88. The van der Waals surface area contributed by atoms with E-state index < -0.39 is 29.0 Å². The monoisotopic (exact) mass is 468 g/mol. The molecule has 0 bridgehead atoms. The number of phenols is 1. The van der Waals surface area contributed by atoms with Crippen molar-refractivity contribution in [3.63, 3.8) is 0 Å². The Balaban J connectivity index is 2.13. The van der Waals surface area contributed by atoms with Gasteiger partial charge in [-0.25, -0.2) is 0 Å². The minimum atomic E-state index is -1.34. The molecule has 0 fully saturated rings. The molecule has 0 unspecified atom stereocenters. The van der Waals surface area contributed by atoms with E-state index in [9.17, 15) is 20.3 Å². The molecule has 1 heterocycles. The minimum Gasteiger partial charge on any atom is -0.506 e. The van der Waals surface area contributed by atoms with Crippen LogP contribution < -0.4 is 10.1 Å². The number of rotatable bonds is 6. The molecule has 3 rings (SSSR count). The molecule has 3 atom stereocenters. The van der Waals surface area contributed by atoms with Crippen molar-refractivity contribution in [2.45, 2.75) is 31.0 Å². The molecule has 9 nitrogen and oxygen atoms in total. The SMILES string of the molecule is COC(OC)[C@]1(C)Oc2ccc([N+](=O)[O-])cc2[C@H](Nc2cc(Br)ccc2O)[C@H]1O. The first-order chi connectivity index (χ1) is 13.7.